The molecule has 3 rings (SSSR count). The molecule has 1 N–H and O–H groups in total. The van der Waals surface area contributed by atoms with Crippen molar-refractivity contribution >= 4 is 15.9 Å². The van der Waals surface area contributed by atoms with E-state index in [-0.39, 0.29) is 6.61 Å². The quantitative estimate of drug-likeness (QED) is 0.896. The van der Waals surface area contributed by atoms with Crippen LogP contribution in [0.4, 0.5) is 0 Å². The van der Waals surface area contributed by atoms with Crippen molar-refractivity contribution in [1.82, 2.24) is 9.80 Å². The highest BCUT2D eigenvalue weighted by atomic mass is 79.9. The first-order chi connectivity index (χ1) is 9.70. The van der Waals surface area contributed by atoms with Crippen molar-refractivity contribution in [3.63, 3.8) is 0 Å². The van der Waals surface area contributed by atoms with Gasteiger partial charge in [-0.15, -0.1) is 0 Å². The molecule has 20 heavy (non-hydrogen) atoms. The van der Waals surface area contributed by atoms with Crippen molar-refractivity contribution in [3.05, 3.63) is 34.3 Å². The SMILES string of the molecule is CN1CCCCN2[C@H](CO)[C@@H](c3ccc(Br)cc3)[C@H]2C1. The molecule has 0 aromatic heterocycles. The van der Waals surface area contributed by atoms with Crippen molar-refractivity contribution in [3.8, 4) is 0 Å². The van der Waals surface area contributed by atoms with Crippen LogP contribution in [0, 0.1) is 0 Å². The summed E-state index contributed by atoms with van der Waals surface area (Å²) in [6, 6.07) is 9.48. The lowest BCUT2D eigenvalue weighted by Gasteiger charge is -2.57. The fourth-order valence-electron chi connectivity index (χ4n) is 3.80. The highest BCUT2D eigenvalue weighted by molar-refractivity contribution is 9.10. The minimum Gasteiger partial charge on any atom is -0.395 e. The van der Waals surface area contributed by atoms with E-state index in [0.29, 0.717) is 18.0 Å². The van der Waals surface area contributed by atoms with Gasteiger partial charge in [-0.05, 0) is 50.7 Å². The number of benzene rings is 1. The van der Waals surface area contributed by atoms with Crippen molar-refractivity contribution in [1.29, 1.82) is 0 Å². The zero-order chi connectivity index (χ0) is 14.1. The van der Waals surface area contributed by atoms with Gasteiger partial charge in [-0.2, -0.15) is 0 Å². The van der Waals surface area contributed by atoms with E-state index in [0.717, 1.165) is 17.6 Å². The lowest BCUT2D eigenvalue weighted by atomic mass is 9.74. The number of likely N-dealkylation sites (N-methyl/N-ethyl adjacent to an activating group) is 1. The minimum atomic E-state index is 0.265. The molecular weight excluding hydrogens is 316 g/mol. The second kappa shape index (κ2) is 6.14. The second-order valence-corrected chi connectivity index (χ2v) is 7.02. The first-order valence-corrected chi connectivity index (χ1v) is 8.30. The summed E-state index contributed by atoms with van der Waals surface area (Å²) < 4.78 is 1.12. The first kappa shape index (κ1) is 14.5. The van der Waals surface area contributed by atoms with Crippen molar-refractivity contribution < 1.29 is 5.11 Å². The van der Waals surface area contributed by atoms with Gasteiger partial charge in [0.2, 0.25) is 0 Å². The summed E-state index contributed by atoms with van der Waals surface area (Å²) in [4.78, 5) is 4.96. The molecule has 0 unspecified atom stereocenters. The average Bonchev–Trinajstić information content (AvgIpc) is 2.42. The topological polar surface area (TPSA) is 26.7 Å². The highest BCUT2D eigenvalue weighted by Crippen LogP contribution is 2.41. The Labute approximate surface area is 129 Å². The van der Waals surface area contributed by atoms with Gasteiger partial charge in [-0.1, -0.05) is 28.1 Å². The summed E-state index contributed by atoms with van der Waals surface area (Å²) in [5, 5.41) is 9.77. The average molecular weight is 339 g/mol. The standard InChI is InChI=1S/C16H23BrN2O/c1-18-8-2-3-9-19-14(10-18)16(15(19)11-20)12-4-6-13(17)7-5-12/h4-7,14-16,20H,2-3,8-11H2,1H3/t14-,15-,16+/m1/s1. The molecule has 0 bridgehead atoms. The van der Waals surface area contributed by atoms with Crippen LogP contribution in [-0.4, -0.2) is 60.3 Å². The van der Waals surface area contributed by atoms with Gasteiger partial charge in [-0.3, -0.25) is 4.90 Å². The Morgan fingerprint density at radius 3 is 2.60 bits per heavy atom. The number of aliphatic hydroxyl groups excluding tert-OH is 1. The molecule has 3 nitrogen and oxygen atoms in total. The summed E-state index contributed by atoms with van der Waals surface area (Å²) >= 11 is 3.50. The molecule has 2 aliphatic heterocycles. The monoisotopic (exact) mass is 338 g/mol. The molecule has 0 spiro atoms. The van der Waals surface area contributed by atoms with Gasteiger partial charge in [0, 0.05) is 29.0 Å². The van der Waals surface area contributed by atoms with E-state index in [1.807, 2.05) is 0 Å². The fourth-order valence-corrected chi connectivity index (χ4v) is 4.06. The maximum atomic E-state index is 9.77. The number of hydrogen-bond donors (Lipinski definition) is 1. The Balaban J connectivity index is 1.83. The molecule has 0 radical (unpaired) electrons. The summed E-state index contributed by atoms with van der Waals surface area (Å²) in [6.45, 7) is 3.70. The summed E-state index contributed by atoms with van der Waals surface area (Å²) in [6.07, 6.45) is 2.51. The fraction of sp³-hybridized carbons (Fsp3) is 0.625. The molecule has 4 heteroatoms. The molecule has 2 saturated heterocycles. The maximum absolute atomic E-state index is 9.77. The van der Waals surface area contributed by atoms with E-state index in [1.54, 1.807) is 0 Å². The highest BCUT2D eigenvalue weighted by Gasteiger charge is 2.48. The number of hydrogen-bond acceptors (Lipinski definition) is 3. The van der Waals surface area contributed by atoms with Crippen molar-refractivity contribution in [2.24, 2.45) is 0 Å². The van der Waals surface area contributed by atoms with Crippen LogP contribution in [0.5, 0.6) is 0 Å². The van der Waals surface area contributed by atoms with Crippen LogP contribution in [0.3, 0.4) is 0 Å². The number of aliphatic hydroxyl groups is 1. The van der Waals surface area contributed by atoms with Gasteiger partial charge in [0.15, 0.2) is 0 Å². The molecule has 1 aromatic rings. The van der Waals surface area contributed by atoms with E-state index in [4.69, 9.17) is 0 Å². The molecule has 3 atom stereocenters. The van der Waals surface area contributed by atoms with E-state index in [9.17, 15) is 5.11 Å². The van der Waals surface area contributed by atoms with Gasteiger partial charge in [0.25, 0.3) is 0 Å². The van der Waals surface area contributed by atoms with E-state index in [2.05, 4.69) is 57.0 Å². The van der Waals surface area contributed by atoms with Crippen LogP contribution in [-0.2, 0) is 0 Å². The maximum Gasteiger partial charge on any atom is 0.0593 e. The van der Waals surface area contributed by atoms with Gasteiger partial charge in [-0.25, -0.2) is 0 Å². The van der Waals surface area contributed by atoms with Crippen LogP contribution in [0.2, 0.25) is 0 Å². The number of rotatable bonds is 2. The third-order valence-electron chi connectivity index (χ3n) is 4.83. The Hall–Kier alpha value is -0.420. The lowest BCUT2D eigenvalue weighted by molar-refractivity contribution is -0.0614. The second-order valence-electron chi connectivity index (χ2n) is 6.10. The minimum absolute atomic E-state index is 0.265. The third-order valence-corrected chi connectivity index (χ3v) is 5.36. The van der Waals surface area contributed by atoms with Gasteiger partial charge in [0.05, 0.1) is 6.61 Å². The van der Waals surface area contributed by atoms with Crippen LogP contribution in [0.15, 0.2) is 28.7 Å². The number of fused-ring (bicyclic) bond motifs is 1. The Morgan fingerprint density at radius 2 is 1.90 bits per heavy atom. The molecular formula is C16H23BrN2O. The zero-order valence-corrected chi connectivity index (χ0v) is 13.6. The van der Waals surface area contributed by atoms with Gasteiger partial charge >= 0.3 is 0 Å². The normalized spacial score (nSPS) is 32.0. The smallest absolute Gasteiger partial charge is 0.0593 e. The molecule has 0 saturated carbocycles. The van der Waals surface area contributed by atoms with E-state index < -0.39 is 0 Å². The predicted octanol–water partition coefficient (Wildman–Crippen LogP) is 2.30. The van der Waals surface area contributed by atoms with Gasteiger partial charge in [0.1, 0.15) is 0 Å². The summed E-state index contributed by atoms with van der Waals surface area (Å²) in [7, 11) is 2.22. The predicted molar refractivity (Wildman–Crippen MR) is 85.0 cm³/mol. The molecule has 2 heterocycles. The molecule has 0 aliphatic carbocycles. The number of halogens is 1. The van der Waals surface area contributed by atoms with Crippen LogP contribution >= 0.6 is 15.9 Å². The largest absolute Gasteiger partial charge is 0.395 e. The molecule has 0 amide bonds. The Morgan fingerprint density at radius 1 is 1.20 bits per heavy atom. The molecule has 110 valence electrons. The molecule has 2 aliphatic rings. The summed E-state index contributed by atoms with van der Waals surface area (Å²) in [5.74, 6) is 0.466. The lowest BCUT2D eigenvalue weighted by Crippen LogP contribution is -2.67. The first-order valence-electron chi connectivity index (χ1n) is 7.51. The molecule has 1 aromatic carbocycles. The summed E-state index contributed by atoms with van der Waals surface area (Å²) in [5.41, 5.74) is 1.36. The van der Waals surface area contributed by atoms with E-state index in [1.165, 1.54) is 24.9 Å². The van der Waals surface area contributed by atoms with Gasteiger partial charge < -0.3 is 10.0 Å². The van der Waals surface area contributed by atoms with Crippen molar-refractivity contribution in [2.75, 3.05) is 33.3 Å². The van der Waals surface area contributed by atoms with Crippen LogP contribution in [0.25, 0.3) is 0 Å². The third kappa shape index (κ3) is 2.67. The van der Waals surface area contributed by atoms with Crippen molar-refractivity contribution in [2.45, 2.75) is 30.8 Å². The Kier molecular flexibility index (Phi) is 4.46. The van der Waals surface area contributed by atoms with Crippen LogP contribution < -0.4 is 0 Å². The van der Waals surface area contributed by atoms with E-state index >= 15 is 0 Å². The number of nitrogens with zero attached hydrogens (tertiary/aromatic N) is 2. The Bertz CT molecular complexity index is 450. The van der Waals surface area contributed by atoms with Crippen LogP contribution in [0.1, 0.15) is 24.3 Å². The zero-order valence-electron chi connectivity index (χ0n) is 12.0. The molecule has 2 fully saturated rings.